The van der Waals surface area contributed by atoms with Gasteiger partial charge in [-0.25, -0.2) is 4.98 Å². The molecule has 0 bridgehead atoms. The molecule has 0 N–H and O–H groups in total. The fourth-order valence-corrected chi connectivity index (χ4v) is 6.87. The number of nitrogens with zero attached hydrogens (tertiary/aromatic N) is 2. The van der Waals surface area contributed by atoms with Crippen molar-refractivity contribution in [3.05, 3.63) is 106 Å². The molecule has 0 atom stereocenters. The van der Waals surface area contributed by atoms with E-state index >= 15 is 0 Å². The Hall–Kier alpha value is -3.65. The molecule has 2 heteroatoms. The van der Waals surface area contributed by atoms with Gasteiger partial charge >= 0.3 is 0 Å². The molecule has 0 amide bonds. The van der Waals surface area contributed by atoms with Gasteiger partial charge in [0.1, 0.15) is 5.82 Å². The third-order valence-electron chi connectivity index (χ3n) is 8.94. The SMILES string of the molecule is Cc1cc2c(cc1C)C(C)(C)c1c(C)cc(-c3nc4ccccc4n3-c3c(C(C)C)cccc3C(C)C)cc1-2. The third kappa shape index (κ3) is 3.79. The first kappa shape index (κ1) is 25.6. The van der Waals surface area contributed by atoms with Gasteiger partial charge in [-0.15, -0.1) is 0 Å². The van der Waals surface area contributed by atoms with Crippen LogP contribution in [0, 0.1) is 20.8 Å². The molecule has 5 aromatic rings. The first-order chi connectivity index (χ1) is 18.5. The zero-order valence-corrected chi connectivity index (χ0v) is 24.9. The fourth-order valence-electron chi connectivity index (χ4n) is 6.87. The zero-order chi connectivity index (χ0) is 27.8. The highest BCUT2D eigenvalue weighted by Crippen LogP contribution is 2.52. The first-order valence-electron chi connectivity index (χ1n) is 14.4. The summed E-state index contributed by atoms with van der Waals surface area (Å²) in [6.07, 6.45) is 0. The van der Waals surface area contributed by atoms with Gasteiger partial charge in [-0.05, 0) is 107 Å². The highest BCUT2D eigenvalue weighted by molar-refractivity contribution is 5.89. The first-order valence-corrected chi connectivity index (χ1v) is 14.4. The summed E-state index contributed by atoms with van der Waals surface area (Å²) in [6.45, 7) is 20.7. The molecule has 0 radical (unpaired) electrons. The van der Waals surface area contributed by atoms with Crippen molar-refractivity contribution in [3.63, 3.8) is 0 Å². The minimum atomic E-state index is -0.0269. The van der Waals surface area contributed by atoms with E-state index in [4.69, 9.17) is 4.98 Å². The fraction of sp³-hybridized carbons (Fsp3) is 0.324. The number of hydrogen-bond acceptors (Lipinski definition) is 1. The van der Waals surface area contributed by atoms with Crippen molar-refractivity contribution in [1.82, 2.24) is 9.55 Å². The molecule has 39 heavy (non-hydrogen) atoms. The van der Waals surface area contributed by atoms with Gasteiger partial charge in [0, 0.05) is 11.0 Å². The quantitative estimate of drug-likeness (QED) is 0.234. The van der Waals surface area contributed by atoms with Gasteiger partial charge in [-0.1, -0.05) is 84.0 Å². The lowest BCUT2D eigenvalue weighted by Crippen LogP contribution is -2.17. The molecule has 1 aromatic heterocycles. The van der Waals surface area contributed by atoms with Gasteiger partial charge in [0.05, 0.1) is 16.7 Å². The van der Waals surface area contributed by atoms with Crippen molar-refractivity contribution in [2.24, 2.45) is 0 Å². The second kappa shape index (κ2) is 8.95. The van der Waals surface area contributed by atoms with Crippen LogP contribution in [0.1, 0.15) is 92.3 Å². The standard InChI is InChI=1S/C37H40N2/c1-21(2)27-13-12-14-28(22(3)4)35(27)39-33-16-11-10-15-32(33)38-36(39)26-17-25(7)34-30(20-26)29-18-23(5)24(6)19-31(29)37(34,8)9/h10-22H,1-9H3. The molecule has 6 rings (SSSR count). The minimum absolute atomic E-state index is 0.0269. The number of rotatable bonds is 4. The summed E-state index contributed by atoms with van der Waals surface area (Å²) >= 11 is 0. The summed E-state index contributed by atoms with van der Waals surface area (Å²) in [6, 6.07) is 25.0. The average molecular weight is 513 g/mol. The molecule has 0 aliphatic heterocycles. The summed E-state index contributed by atoms with van der Waals surface area (Å²) in [4.78, 5) is 5.31. The van der Waals surface area contributed by atoms with Crippen molar-refractivity contribution < 1.29 is 0 Å². The predicted molar refractivity (Wildman–Crippen MR) is 166 cm³/mol. The van der Waals surface area contributed by atoms with Crippen LogP contribution in [0.4, 0.5) is 0 Å². The number of para-hydroxylation sites is 3. The van der Waals surface area contributed by atoms with E-state index in [-0.39, 0.29) is 5.41 Å². The van der Waals surface area contributed by atoms with E-state index in [2.05, 4.69) is 134 Å². The third-order valence-corrected chi connectivity index (χ3v) is 8.94. The van der Waals surface area contributed by atoms with Crippen molar-refractivity contribution in [2.45, 2.75) is 79.6 Å². The number of benzene rings is 4. The number of fused-ring (bicyclic) bond motifs is 4. The lowest BCUT2D eigenvalue weighted by molar-refractivity contribution is 0.655. The zero-order valence-electron chi connectivity index (χ0n) is 24.9. The molecule has 1 heterocycles. The normalized spacial score (nSPS) is 13.9. The summed E-state index contributed by atoms with van der Waals surface area (Å²) in [5.41, 5.74) is 17.0. The Bertz CT molecular complexity index is 1730. The van der Waals surface area contributed by atoms with Crippen LogP contribution in [-0.4, -0.2) is 9.55 Å². The Morgan fingerprint density at radius 2 is 1.33 bits per heavy atom. The van der Waals surface area contributed by atoms with Crippen molar-refractivity contribution >= 4 is 11.0 Å². The second-order valence-corrected chi connectivity index (χ2v) is 12.7. The van der Waals surface area contributed by atoms with Gasteiger partial charge in [-0.2, -0.15) is 0 Å². The van der Waals surface area contributed by atoms with E-state index in [9.17, 15) is 0 Å². The van der Waals surface area contributed by atoms with Gasteiger partial charge in [0.15, 0.2) is 0 Å². The molecular weight excluding hydrogens is 472 g/mol. The number of imidazole rings is 1. The van der Waals surface area contributed by atoms with E-state index in [1.165, 1.54) is 61.3 Å². The highest BCUT2D eigenvalue weighted by atomic mass is 15.1. The van der Waals surface area contributed by atoms with Crippen molar-refractivity contribution in [2.75, 3.05) is 0 Å². The van der Waals surface area contributed by atoms with E-state index < -0.39 is 0 Å². The molecule has 0 fully saturated rings. The maximum atomic E-state index is 5.31. The van der Waals surface area contributed by atoms with Gasteiger partial charge < -0.3 is 0 Å². The van der Waals surface area contributed by atoms with E-state index in [1.807, 2.05) is 0 Å². The summed E-state index contributed by atoms with van der Waals surface area (Å²) in [5.74, 6) is 1.81. The monoisotopic (exact) mass is 512 g/mol. The van der Waals surface area contributed by atoms with Crippen LogP contribution >= 0.6 is 0 Å². The van der Waals surface area contributed by atoms with Gasteiger partial charge in [0.25, 0.3) is 0 Å². The summed E-state index contributed by atoms with van der Waals surface area (Å²) < 4.78 is 2.45. The molecule has 0 spiro atoms. The van der Waals surface area contributed by atoms with Gasteiger partial charge in [0.2, 0.25) is 0 Å². The Morgan fingerprint density at radius 3 is 2.00 bits per heavy atom. The van der Waals surface area contributed by atoms with Crippen LogP contribution in [0.2, 0.25) is 0 Å². The maximum Gasteiger partial charge on any atom is 0.145 e. The summed E-state index contributed by atoms with van der Waals surface area (Å²) in [5, 5.41) is 0. The molecule has 1 aliphatic carbocycles. The minimum Gasteiger partial charge on any atom is -0.292 e. The lowest BCUT2D eigenvalue weighted by atomic mass is 9.79. The topological polar surface area (TPSA) is 17.8 Å². The molecule has 4 aromatic carbocycles. The van der Waals surface area contributed by atoms with E-state index in [0.29, 0.717) is 11.8 Å². The Kier molecular flexibility index (Phi) is 5.88. The molecule has 1 aliphatic rings. The Labute approximate surface area is 233 Å². The van der Waals surface area contributed by atoms with Crippen LogP contribution in [0.3, 0.4) is 0 Å². The van der Waals surface area contributed by atoms with Crippen LogP contribution < -0.4 is 0 Å². The molecule has 0 saturated heterocycles. The molecule has 2 nitrogen and oxygen atoms in total. The Balaban J connectivity index is 1.70. The van der Waals surface area contributed by atoms with Crippen molar-refractivity contribution in [1.29, 1.82) is 0 Å². The molecule has 0 saturated carbocycles. The Morgan fingerprint density at radius 1 is 0.692 bits per heavy atom. The number of aromatic nitrogens is 2. The average Bonchev–Trinajstić information content (AvgIpc) is 3.37. The van der Waals surface area contributed by atoms with E-state index in [0.717, 1.165) is 16.9 Å². The number of hydrogen-bond donors (Lipinski definition) is 0. The van der Waals surface area contributed by atoms with Crippen LogP contribution in [0.5, 0.6) is 0 Å². The van der Waals surface area contributed by atoms with Gasteiger partial charge in [-0.3, -0.25) is 4.57 Å². The maximum absolute atomic E-state index is 5.31. The molecule has 0 unspecified atom stereocenters. The van der Waals surface area contributed by atoms with Crippen LogP contribution in [0.25, 0.3) is 39.2 Å². The second-order valence-electron chi connectivity index (χ2n) is 12.7. The van der Waals surface area contributed by atoms with E-state index in [1.54, 1.807) is 0 Å². The van der Waals surface area contributed by atoms with Crippen molar-refractivity contribution in [3.8, 4) is 28.2 Å². The van der Waals surface area contributed by atoms with Crippen LogP contribution in [0.15, 0.2) is 66.7 Å². The molecular formula is C37H40N2. The highest BCUT2D eigenvalue weighted by Gasteiger charge is 2.37. The molecule has 198 valence electrons. The largest absolute Gasteiger partial charge is 0.292 e. The smallest absolute Gasteiger partial charge is 0.145 e. The lowest BCUT2D eigenvalue weighted by Gasteiger charge is -2.25. The predicted octanol–water partition coefficient (Wildman–Crippen LogP) is 10.2. The summed E-state index contributed by atoms with van der Waals surface area (Å²) in [7, 11) is 0. The number of aryl methyl sites for hydroxylation is 3. The van der Waals surface area contributed by atoms with Crippen LogP contribution in [-0.2, 0) is 5.41 Å².